The number of carboxylic acids is 1. The number of carbonyl (C=O) groups excluding carboxylic acids is 1. The molecule has 0 aromatic carbocycles. The molecule has 0 bridgehead atoms. The summed E-state index contributed by atoms with van der Waals surface area (Å²) in [6.07, 6.45) is 0. The number of carbonyl (C=O) groups is 2. The highest BCUT2D eigenvalue weighted by atomic mass is 16.4. The first kappa shape index (κ1) is 15.9. The van der Waals surface area contributed by atoms with Crippen molar-refractivity contribution < 1.29 is 14.7 Å². The zero-order chi connectivity index (χ0) is 13.8. The maximum absolute atomic E-state index is 12.1. The van der Waals surface area contributed by atoms with Gasteiger partial charge in [0.15, 0.2) is 0 Å². The van der Waals surface area contributed by atoms with E-state index < -0.39 is 17.9 Å². The molecule has 0 heterocycles. The van der Waals surface area contributed by atoms with Gasteiger partial charge in [-0.05, 0) is 12.3 Å². The van der Waals surface area contributed by atoms with Crippen molar-refractivity contribution in [2.75, 3.05) is 13.1 Å². The van der Waals surface area contributed by atoms with Gasteiger partial charge in [0.25, 0.3) is 0 Å². The van der Waals surface area contributed by atoms with Crippen LogP contribution in [0.15, 0.2) is 0 Å². The predicted molar refractivity (Wildman–Crippen MR) is 66.5 cm³/mol. The molecule has 1 unspecified atom stereocenters. The third-order valence-corrected chi connectivity index (χ3v) is 2.81. The number of carboxylic acid groups (broad SMARTS) is 1. The van der Waals surface area contributed by atoms with Crippen LogP contribution in [0.4, 0.5) is 0 Å². The van der Waals surface area contributed by atoms with Crippen LogP contribution in [0.5, 0.6) is 0 Å². The monoisotopic (exact) mass is 244 g/mol. The molecular weight excluding hydrogens is 220 g/mol. The maximum atomic E-state index is 12.1. The molecule has 0 aromatic heterocycles. The normalized spacial score (nSPS) is 15.2. The Kier molecular flexibility index (Phi) is 5.61. The van der Waals surface area contributed by atoms with E-state index >= 15 is 0 Å². The third kappa shape index (κ3) is 4.73. The minimum atomic E-state index is -0.902. The Morgan fingerprint density at radius 2 is 1.82 bits per heavy atom. The largest absolute Gasteiger partial charge is 0.481 e. The van der Waals surface area contributed by atoms with Crippen molar-refractivity contribution in [3.8, 4) is 0 Å². The second-order valence-corrected chi connectivity index (χ2v) is 5.46. The van der Waals surface area contributed by atoms with Gasteiger partial charge < -0.3 is 15.7 Å². The van der Waals surface area contributed by atoms with Gasteiger partial charge in [0.2, 0.25) is 5.91 Å². The number of aliphatic carboxylic acids is 1. The van der Waals surface area contributed by atoms with E-state index in [1.807, 2.05) is 27.7 Å². The van der Waals surface area contributed by atoms with Crippen LogP contribution >= 0.6 is 0 Å². The zero-order valence-electron chi connectivity index (χ0n) is 11.4. The number of hydrogen-bond acceptors (Lipinski definition) is 3. The molecule has 1 amide bonds. The molecule has 17 heavy (non-hydrogen) atoms. The van der Waals surface area contributed by atoms with E-state index in [1.54, 1.807) is 6.92 Å². The summed E-state index contributed by atoms with van der Waals surface area (Å²) in [5.41, 5.74) is 5.56. The van der Waals surface area contributed by atoms with Gasteiger partial charge >= 0.3 is 5.97 Å². The molecule has 0 saturated heterocycles. The number of hydrogen-bond donors (Lipinski definition) is 2. The fraction of sp³-hybridized carbons (Fsp3) is 0.833. The number of rotatable bonds is 5. The molecule has 0 saturated carbocycles. The van der Waals surface area contributed by atoms with Crippen molar-refractivity contribution in [3.05, 3.63) is 0 Å². The fourth-order valence-electron chi connectivity index (χ4n) is 1.35. The Labute approximate surface area is 103 Å². The standard InChI is InChI=1S/C12H24N2O3/c1-6-14(7-8(2)11(16)17)10(15)9(13)12(3,4)5/h8-9H,6-7,13H2,1-5H3,(H,16,17)/t8?,9-/m0/s1. The molecule has 2 atom stereocenters. The number of likely N-dealkylation sites (N-methyl/N-ethyl adjacent to an activating group) is 1. The number of amides is 1. The van der Waals surface area contributed by atoms with Crippen LogP contribution in [0.25, 0.3) is 0 Å². The Morgan fingerprint density at radius 1 is 1.35 bits per heavy atom. The molecule has 0 rings (SSSR count). The molecule has 0 radical (unpaired) electrons. The van der Waals surface area contributed by atoms with Crippen molar-refractivity contribution in [2.45, 2.75) is 40.7 Å². The summed E-state index contributed by atoms with van der Waals surface area (Å²) < 4.78 is 0. The molecular formula is C12H24N2O3. The highest BCUT2D eigenvalue weighted by Crippen LogP contribution is 2.19. The van der Waals surface area contributed by atoms with Gasteiger partial charge in [0.1, 0.15) is 0 Å². The molecule has 0 spiro atoms. The smallest absolute Gasteiger partial charge is 0.308 e. The van der Waals surface area contributed by atoms with E-state index in [0.29, 0.717) is 6.54 Å². The summed E-state index contributed by atoms with van der Waals surface area (Å²) in [6, 6.07) is -0.608. The second-order valence-electron chi connectivity index (χ2n) is 5.46. The van der Waals surface area contributed by atoms with Crippen LogP contribution in [0.1, 0.15) is 34.6 Å². The van der Waals surface area contributed by atoms with Gasteiger partial charge in [-0.3, -0.25) is 9.59 Å². The lowest BCUT2D eigenvalue weighted by molar-refractivity contribution is -0.143. The predicted octanol–water partition coefficient (Wildman–Crippen LogP) is 0.929. The average Bonchev–Trinajstić information content (AvgIpc) is 2.21. The Morgan fingerprint density at radius 3 is 2.12 bits per heavy atom. The lowest BCUT2D eigenvalue weighted by Gasteiger charge is -2.32. The molecule has 0 fully saturated rings. The van der Waals surface area contributed by atoms with Gasteiger partial charge in [0.05, 0.1) is 12.0 Å². The topological polar surface area (TPSA) is 83.6 Å². The summed E-state index contributed by atoms with van der Waals surface area (Å²) in [4.78, 5) is 24.4. The van der Waals surface area contributed by atoms with Crippen molar-refractivity contribution in [2.24, 2.45) is 17.1 Å². The molecule has 3 N–H and O–H groups in total. The lowest BCUT2D eigenvalue weighted by Crippen LogP contribution is -2.51. The van der Waals surface area contributed by atoms with Gasteiger partial charge in [0, 0.05) is 13.1 Å². The van der Waals surface area contributed by atoms with Gasteiger partial charge in [-0.25, -0.2) is 0 Å². The number of nitrogens with zero attached hydrogens (tertiary/aromatic N) is 1. The molecule has 5 nitrogen and oxygen atoms in total. The second kappa shape index (κ2) is 6.00. The van der Waals surface area contributed by atoms with Crippen molar-refractivity contribution >= 4 is 11.9 Å². The van der Waals surface area contributed by atoms with Gasteiger partial charge in [-0.2, -0.15) is 0 Å². The summed E-state index contributed by atoms with van der Waals surface area (Å²) >= 11 is 0. The summed E-state index contributed by atoms with van der Waals surface area (Å²) in [5, 5.41) is 8.84. The molecule has 0 aliphatic rings. The van der Waals surface area contributed by atoms with E-state index in [1.165, 1.54) is 4.90 Å². The van der Waals surface area contributed by atoms with Crippen molar-refractivity contribution in [3.63, 3.8) is 0 Å². The van der Waals surface area contributed by atoms with Crippen LogP contribution in [0, 0.1) is 11.3 Å². The van der Waals surface area contributed by atoms with Crippen molar-refractivity contribution in [1.29, 1.82) is 0 Å². The maximum Gasteiger partial charge on any atom is 0.308 e. The quantitative estimate of drug-likeness (QED) is 0.753. The molecule has 0 aliphatic heterocycles. The summed E-state index contributed by atoms with van der Waals surface area (Å²) in [5.74, 6) is -1.67. The molecule has 0 aliphatic carbocycles. The van der Waals surface area contributed by atoms with E-state index in [9.17, 15) is 9.59 Å². The third-order valence-electron chi connectivity index (χ3n) is 2.81. The van der Waals surface area contributed by atoms with Crippen LogP contribution in [0.3, 0.4) is 0 Å². The first-order valence-electron chi connectivity index (χ1n) is 5.88. The molecule has 0 aromatic rings. The minimum Gasteiger partial charge on any atom is -0.481 e. The van der Waals surface area contributed by atoms with E-state index in [2.05, 4.69) is 0 Å². The van der Waals surface area contributed by atoms with Crippen LogP contribution < -0.4 is 5.73 Å². The zero-order valence-corrected chi connectivity index (χ0v) is 11.4. The van der Waals surface area contributed by atoms with Crippen LogP contribution in [-0.4, -0.2) is 41.0 Å². The Balaban J connectivity index is 4.67. The molecule has 5 heteroatoms. The van der Waals surface area contributed by atoms with E-state index in [4.69, 9.17) is 10.8 Å². The van der Waals surface area contributed by atoms with Gasteiger partial charge in [-0.15, -0.1) is 0 Å². The highest BCUT2D eigenvalue weighted by molar-refractivity contribution is 5.83. The Hall–Kier alpha value is -1.10. The average molecular weight is 244 g/mol. The lowest BCUT2D eigenvalue weighted by atomic mass is 9.86. The minimum absolute atomic E-state index is 0.187. The van der Waals surface area contributed by atoms with Crippen molar-refractivity contribution in [1.82, 2.24) is 4.90 Å². The highest BCUT2D eigenvalue weighted by Gasteiger charge is 2.31. The SMILES string of the molecule is CCN(CC(C)C(=O)O)C(=O)[C@H](N)C(C)(C)C. The first-order valence-corrected chi connectivity index (χ1v) is 5.88. The first-order chi connectivity index (χ1) is 7.61. The van der Waals surface area contributed by atoms with Crippen LogP contribution in [0.2, 0.25) is 0 Å². The Bertz CT molecular complexity index is 284. The van der Waals surface area contributed by atoms with E-state index in [-0.39, 0.29) is 17.9 Å². The summed E-state index contributed by atoms with van der Waals surface area (Å²) in [6.45, 7) is 9.76. The van der Waals surface area contributed by atoms with Crippen LogP contribution in [-0.2, 0) is 9.59 Å². The van der Waals surface area contributed by atoms with E-state index in [0.717, 1.165) is 0 Å². The molecule has 100 valence electrons. The summed E-state index contributed by atoms with van der Waals surface area (Å²) in [7, 11) is 0. The fourth-order valence-corrected chi connectivity index (χ4v) is 1.35. The number of nitrogens with two attached hydrogens (primary N) is 1. The van der Waals surface area contributed by atoms with Gasteiger partial charge in [-0.1, -0.05) is 27.7 Å².